The number of aryl methyl sites for hydroxylation is 1. The van der Waals surface area contributed by atoms with Crippen molar-refractivity contribution in [2.24, 2.45) is 5.92 Å². The zero-order valence-corrected chi connectivity index (χ0v) is 10.1. The smallest absolute Gasteiger partial charge is 0.223 e. The van der Waals surface area contributed by atoms with Gasteiger partial charge in [-0.15, -0.1) is 0 Å². The van der Waals surface area contributed by atoms with Crippen LogP contribution in [0.2, 0.25) is 0 Å². The molecule has 1 amide bonds. The lowest BCUT2D eigenvalue weighted by Gasteiger charge is -2.24. The molecule has 2 N–H and O–H groups in total. The van der Waals surface area contributed by atoms with E-state index >= 15 is 0 Å². The number of hydrogen-bond acceptors (Lipinski definition) is 2. The van der Waals surface area contributed by atoms with Crippen LogP contribution in [0.1, 0.15) is 36.5 Å². The van der Waals surface area contributed by atoms with Crippen molar-refractivity contribution in [3.8, 4) is 0 Å². The number of aliphatic hydroxyl groups is 1. The molecule has 92 valence electrons. The van der Waals surface area contributed by atoms with E-state index in [0.29, 0.717) is 6.54 Å². The summed E-state index contributed by atoms with van der Waals surface area (Å²) < 4.78 is 0. The number of carbonyl (C=O) groups excluding carboxylic acids is 1. The Morgan fingerprint density at radius 3 is 2.59 bits per heavy atom. The van der Waals surface area contributed by atoms with E-state index in [1.165, 1.54) is 5.56 Å². The third kappa shape index (κ3) is 3.07. The van der Waals surface area contributed by atoms with Crippen molar-refractivity contribution < 1.29 is 9.90 Å². The maximum absolute atomic E-state index is 11.6. The van der Waals surface area contributed by atoms with Gasteiger partial charge in [-0.25, -0.2) is 0 Å². The highest BCUT2D eigenvalue weighted by atomic mass is 16.3. The molecule has 1 aliphatic rings. The molecule has 3 heteroatoms. The summed E-state index contributed by atoms with van der Waals surface area (Å²) in [5.74, 6) is 0.266. The van der Waals surface area contributed by atoms with Gasteiger partial charge in [0.1, 0.15) is 0 Å². The third-order valence-electron chi connectivity index (χ3n) is 3.41. The number of hydrogen-bond donors (Lipinski definition) is 2. The Bertz CT molecular complexity index is 382. The summed E-state index contributed by atoms with van der Waals surface area (Å²) in [5, 5.41) is 12.7. The van der Waals surface area contributed by atoms with Crippen LogP contribution in [0, 0.1) is 12.8 Å². The fraction of sp³-hybridized carbons (Fsp3) is 0.500. The van der Waals surface area contributed by atoms with Crippen LogP contribution >= 0.6 is 0 Å². The van der Waals surface area contributed by atoms with Crippen LogP contribution in [0.3, 0.4) is 0 Å². The zero-order valence-electron chi connectivity index (χ0n) is 10.1. The summed E-state index contributed by atoms with van der Waals surface area (Å²) >= 11 is 0. The monoisotopic (exact) mass is 233 g/mol. The number of benzene rings is 1. The molecule has 17 heavy (non-hydrogen) atoms. The highest BCUT2D eigenvalue weighted by Crippen LogP contribution is 2.26. The van der Waals surface area contributed by atoms with E-state index in [0.717, 1.165) is 24.8 Å². The minimum absolute atomic E-state index is 0.0856. The molecule has 1 aliphatic carbocycles. The fourth-order valence-corrected chi connectivity index (χ4v) is 1.92. The molecule has 2 rings (SSSR count). The summed E-state index contributed by atoms with van der Waals surface area (Å²) in [4.78, 5) is 11.6. The number of nitrogens with one attached hydrogen (secondary N) is 1. The SMILES string of the molecule is Cc1ccc(C(O)CNC(=O)C2CCC2)cc1. The molecule has 3 nitrogen and oxygen atoms in total. The second kappa shape index (κ2) is 5.32. The van der Waals surface area contributed by atoms with Crippen molar-refractivity contribution in [3.63, 3.8) is 0 Å². The Kier molecular flexibility index (Phi) is 3.79. The molecule has 1 fully saturated rings. The summed E-state index contributed by atoms with van der Waals surface area (Å²) in [7, 11) is 0. The Morgan fingerprint density at radius 2 is 2.06 bits per heavy atom. The first-order valence-electron chi connectivity index (χ1n) is 6.19. The molecular weight excluding hydrogens is 214 g/mol. The van der Waals surface area contributed by atoms with Crippen LogP contribution in [-0.2, 0) is 4.79 Å². The first-order chi connectivity index (χ1) is 8.16. The quantitative estimate of drug-likeness (QED) is 0.835. The molecular formula is C14H19NO2. The van der Waals surface area contributed by atoms with Gasteiger partial charge in [-0.1, -0.05) is 36.2 Å². The van der Waals surface area contributed by atoms with E-state index < -0.39 is 6.10 Å². The van der Waals surface area contributed by atoms with E-state index in [1.807, 2.05) is 31.2 Å². The summed E-state index contributed by atoms with van der Waals surface area (Å²) in [6, 6.07) is 7.73. The van der Waals surface area contributed by atoms with Crippen molar-refractivity contribution in [2.75, 3.05) is 6.54 Å². The van der Waals surface area contributed by atoms with E-state index in [1.54, 1.807) is 0 Å². The standard InChI is InChI=1S/C14H19NO2/c1-10-5-7-11(8-6-10)13(16)9-15-14(17)12-3-2-4-12/h5-8,12-13,16H,2-4,9H2,1H3,(H,15,17). The van der Waals surface area contributed by atoms with Gasteiger partial charge < -0.3 is 10.4 Å². The Balaban J connectivity index is 1.82. The molecule has 1 unspecified atom stereocenters. The van der Waals surface area contributed by atoms with Crippen LogP contribution in [-0.4, -0.2) is 17.6 Å². The van der Waals surface area contributed by atoms with E-state index in [2.05, 4.69) is 5.32 Å². The molecule has 1 atom stereocenters. The van der Waals surface area contributed by atoms with E-state index in [-0.39, 0.29) is 11.8 Å². The molecule has 0 radical (unpaired) electrons. The van der Waals surface area contributed by atoms with Gasteiger partial charge in [-0.3, -0.25) is 4.79 Å². The normalized spacial score (nSPS) is 17.3. The predicted molar refractivity (Wildman–Crippen MR) is 66.5 cm³/mol. The lowest BCUT2D eigenvalue weighted by Crippen LogP contribution is -2.36. The summed E-state index contributed by atoms with van der Waals surface area (Å²) in [6.07, 6.45) is 2.52. The van der Waals surface area contributed by atoms with Gasteiger partial charge in [0.15, 0.2) is 0 Å². The van der Waals surface area contributed by atoms with Crippen molar-refractivity contribution in [2.45, 2.75) is 32.3 Å². The van der Waals surface area contributed by atoms with Crippen molar-refractivity contribution in [3.05, 3.63) is 35.4 Å². The number of rotatable bonds is 4. The molecule has 1 saturated carbocycles. The van der Waals surface area contributed by atoms with Crippen molar-refractivity contribution in [1.82, 2.24) is 5.32 Å². The van der Waals surface area contributed by atoms with Gasteiger partial charge in [-0.05, 0) is 25.3 Å². The average Bonchev–Trinajstić information content (AvgIpc) is 2.24. The van der Waals surface area contributed by atoms with Gasteiger partial charge in [-0.2, -0.15) is 0 Å². The Labute approximate surface area is 102 Å². The van der Waals surface area contributed by atoms with Crippen LogP contribution in [0.4, 0.5) is 0 Å². The van der Waals surface area contributed by atoms with Crippen molar-refractivity contribution >= 4 is 5.91 Å². The lowest BCUT2D eigenvalue weighted by atomic mass is 9.85. The topological polar surface area (TPSA) is 49.3 Å². The molecule has 1 aromatic carbocycles. The maximum atomic E-state index is 11.6. The first-order valence-corrected chi connectivity index (χ1v) is 6.19. The largest absolute Gasteiger partial charge is 0.387 e. The number of carbonyl (C=O) groups is 1. The first kappa shape index (κ1) is 12.1. The Hall–Kier alpha value is -1.35. The fourth-order valence-electron chi connectivity index (χ4n) is 1.92. The Morgan fingerprint density at radius 1 is 1.41 bits per heavy atom. The van der Waals surface area contributed by atoms with Gasteiger partial charge in [0.2, 0.25) is 5.91 Å². The maximum Gasteiger partial charge on any atom is 0.223 e. The van der Waals surface area contributed by atoms with Crippen LogP contribution < -0.4 is 5.32 Å². The van der Waals surface area contributed by atoms with Crippen molar-refractivity contribution in [1.29, 1.82) is 0 Å². The number of aliphatic hydroxyl groups excluding tert-OH is 1. The van der Waals surface area contributed by atoms with Gasteiger partial charge >= 0.3 is 0 Å². The molecule has 0 saturated heterocycles. The molecule has 0 bridgehead atoms. The molecule has 0 spiro atoms. The third-order valence-corrected chi connectivity index (χ3v) is 3.41. The summed E-state index contributed by atoms with van der Waals surface area (Å²) in [6.45, 7) is 2.31. The summed E-state index contributed by atoms with van der Waals surface area (Å²) in [5.41, 5.74) is 2.02. The minimum Gasteiger partial charge on any atom is -0.387 e. The highest BCUT2D eigenvalue weighted by molar-refractivity contribution is 5.79. The zero-order chi connectivity index (χ0) is 12.3. The highest BCUT2D eigenvalue weighted by Gasteiger charge is 2.25. The minimum atomic E-state index is -0.611. The predicted octanol–water partition coefficient (Wildman–Crippen LogP) is 1.94. The van der Waals surface area contributed by atoms with Gasteiger partial charge in [0.25, 0.3) is 0 Å². The van der Waals surface area contributed by atoms with Gasteiger partial charge in [0, 0.05) is 12.5 Å². The molecule has 0 aromatic heterocycles. The van der Waals surface area contributed by atoms with E-state index in [9.17, 15) is 9.90 Å². The van der Waals surface area contributed by atoms with E-state index in [4.69, 9.17) is 0 Å². The number of amides is 1. The van der Waals surface area contributed by atoms with Gasteiger partial charge in [0.05, 0.1) is 6.10 Å². The van der Waals surface area contributed by atoms with Crippen LogP contribution in [0.25, 0.3) is 0 Å². The second-order valence-electron chi connectivity index (χ2n) is 4.80. The average molecular weight is 233 g/mol. The molecule has 0 heterocycles. The lowest BCUT2D eigenvalue weighted by molar-refractivity contribution is -0.127. The van der Waals surface area contributed by atoms with Crippen LogP contribution in [0.5, 0.6) is 0 Å². The van der Waals surface area contributed by atoms with Crippen LogP contribution in [0.15, 0.2) is 24.3 Å². The molecule has 0 aliphatic heterocycles. The second-order valence-corrected chi connectivity index (χ2v) is 4.80. The molecule has 1 aromatic rings.